The Kier molecular flexibility index (Phi) is 5.08. The fourth-order valence-corrected chi connectivity index (χ4v) is 2.33. The summed E-state index contributed by atoms with van der Waals surface area (Å²) in [7, 11) is 0. The first-order valence-electron chi connectivity index (χ1n) is 7.44. The van der Waals surface area contributed by atoms with Crippen molar-refractivity contribution in [1.82, 2.24) is 0 Å². The largest absolute Gasteiger partial charge is 0.489 e. The SMILES string of the molecule is Cc1cc(C)cc(COc2cccc(NC(C)(O)C(F)(F)F)c2)c1. The molecule has 0 aliphatic heterocycles. The van der Waals surface area contributed by atoms with Gasteiger partial charge in [0.15, 0.2) is 0 Å². The molecule has 0 heterocycles. The Morgan fingerprint density at radius 3 is 2.25 bits per heavy atom. The first-order chi connectivity index (χ1) is 11.1. The highest BCUT2D eigenvalue weighted by atomic mass is 19.4. The minimum absolute atomic E-state index is 0.121. The highest BCUT2D eigenvalue weighted by molar-refractivity contribution is 5.49. The second-order valence-electron chi connectivity index (χ2n) is 6.01. The van der Waals surface area contributed by atoms with E-state index in [4.69, 9.17) is 4.74 Å². The molecule has 0 bridgehead atoms. The molecule has 0 fully saturated rings. The van der Waals surface area contributed by atoms with Gasteiger partial charge in [-0.05, 0) is 38.5 Å². The van der Waals surface area contributed by atoms with Gasteiger partial charge in [-0.15, -0.1) is 0 Å². The van der Waals surface area contributed by atoms with Gasteiger partial charge < -0.3 is 15.2 Å². The van der Waals surface area contributed by atoms with E-state index in [1.54, 1.807) is 12.1 Å². The number of ether oxygens (including phenoxy) is 1. The second kappa shape index (κ2) is 6.73. The van der Waals surface area contributed by atoms with Crippen LogP contribution >= 0.6 is 0 Å². The Morgan fingerprint density at radius 1 is 1.04 bits per heavy atom. The molecule has 130 valence electrons. The maximum absolute atomic E-state index is 12.7. The van der Waals surface area contributed by atoms with Crippen LogP contribution < -0.4 is 10.1 Å². The monoisotopic (exact) mass is 339 g/mol. The number of anilines is 1. The zero-order valence-electron chi connectivity index (χ0n) is 13.7. The fraction of sp³-hybridized carbons (Fsp3) is 0.333. The van der Waals surface area contributed by atoms with Crippen molar-refractivity contribution in [2.24, 2.45) is 0 Å². The Bertz CT molecular complexity index is 691. The molecule has 0 saturated carbocycles. The lowest BCUT2D eigenvalue weighted by Gasteiger charge is -2.28. The minimum atomic E-state index is -4.79. The number of nitrogens with one attached hydrogen (secondary N) is 1. The molecular formula is C18H20F3NO2. The lowest BCUT2D eigenvalue weighted by atomic mass is 10.1. The molecule has 3 nitrogen and oxygen atoms in total. The van der Waals surface area contributed by atoms with Gasteiger partial charge in [-0.2, -0.15) is 13.2 Å². The van der Waals surface area contributed by atoms with Crippen LogP contribution in [0.15, 0.2) is 42.5 Å². The van der Waals surface area contributed by atoms with Gasteiger partial charge in [0.05, 0.1) is 0 Å². The second-order valence-corrected chi connectivity index (χ2v) is 6.01. The van der Waals surface area contributed by atoms with Gasteiger partial charge >= 0.3 is 6.18 Å². The van der Waals surface area contributed by atoms with Crippen LogP contribution in [0.5, 0.6) is 5.75 Å². The van der Waals surface area contributed by atoms with Crippen LogP contribution in [0.2, 0.25) is 0 Å². The first kappa shape index (κ1) is 18.1. The predicted octanol–water partition coefficient (Wildman–Crippen LogP) is 4.57. The zero-order chi connectivity index (χ0) is 18.0. The Hall–Kier alpha value is -2.21. The molecule has 2 N–H and O–H groups in total. The highest BCUT2D eigenvalue weighted by Gasteiger charge is 2.50. The van der Waals surface area contributed by atoms with Crippen molar-refractivity contribution in [3.05, 3.63) is 59.2 Å². The first-order valence-corrected chi connectivity index (χ1v) is 7.44. The van der Waals surface area contributed by atoms with Crippen LogP contribution in [0.1, 0.15) is 23.6 Å². The summed E-state index contributed by atoms with van der Waals surface area (Å²) >= 11 is 0. The smallest absolute Gasteiger partial charge is 0.436 e. The van der Waals surface area contributed by atoms with Crippen LogP contribution in [0, 0.1) is 13.8 Å². The minimum Gasteiger partial charge on any atom is -0.489 e. The number of hydrogen-bond donors (Lipinski definition) is 2. The fourth-order valence-electron chi connectivity index (χ4n) is 2.33. The molecule has 2 rings (SSSR count). The van der Waals surface area contributed by atoms with Gasteiger partial charge in [-0.25, -0.2) is 0 Å². The van der Waals surface area contributed by atoms with Gasteiger partial charge in [0.1, 0.15) is 12.4 Å². The molecule has 1 atom stereocenters. The number of rotatable bonds is 5. The van der Waals surface area contributed by atoms with Crippen LogP contribution in [0.4, 0.5) is 18.9 Å². The average Bonchev–Trinajstić information content (AvgIpc) is 2.43. The van der Waals surface area contributed by atoms with E-state index >= 15 is 0 Å². The van der Waals surface area contributed by atoms with Gasteiger partial charge in [0.25, 0.3) is 0 Å². The van der Waals surface area contributed by atoms with Gasteiger partial charge in [0, 0.05) is 11.8 Å². The highest BCUT2D eigenvalue weighted by Crippen LogP contribution is 2.32. The lowest BCUT2D eigenvalue weighted by Crippen LogP contribution is -2.49. The molecule has 24 heavy (non-hydrogen) atoms. The molecule has 0 radical (unpaired) electrons. The summed E-state index contributed by atoms with van der Waals surface area (Å²) in [4.78, 5) is 0. The van der Waals surface area contributed by atoms with E-state index in [1.165, 1.54) is 12.1 Å². The molecule has 0 saturated heterocycles. The molecule has 2 aromatic carbocycles. The van der Waals surface area contributed by atoms with Crippen LogP contribution in [0.25, 0.3) is 0 Å². The number of aryl methyl sites for hydroxylation is 2. The van der Waals surface area contributed by atoms with Crippen LogP contribution in [0.3, 0.4) is 0 Å². The maximum atomic E-state index is 12.7. The number of halogens is 3. The molecule has 0 amide bonds. The molecule has 0 aromatic heterocycles. The summed E-state index contributed by atoms with van der Waals surface area (Å²) < 4.78 is 43.8. The standard InChI is InChI=1S/C18H20F3NO2/c1-12-7-13(2)9-14(8-12)11-24-16-6-4-5-15(10-16)22-17(3,23)18(19,20)21/h4-10,22-23H,11H2,1-3H3. The summed E-state index contributed by atoms with van der Waals surface area (Å²) in [6, 6.07) is 12.1. The Labute approximate surface area is 139 Å². The molecule has 1 unspecified atom stereocenters. The van der Waals surface area contributed by atoms with Gasteiger partial charge in [-0.1, -0.05) is 35.4 Å². The van der Waals surface area contributed by atoms with E-state index in [9.17, 15) is 18.3 Å². The van der Waals surface area contributed by atoms with Crippen molar-refractivity contribution >= 4 is 5.69 Å². The van der Waals surface area contributed by atoms with E-state index in [0.717, 1.165) is 16.7 Å². The number of hydrogen-bond acceptors (Lipinski definition) is 3. The van der Waals surface area contributed by atoms with Crippen molar-refractivity contribution < 1.29 is 23.0 Å². The van der Waals surface area contributed by atoms with Crippen molar-refractivity contribution in [3.8, 4) is 5.75 Å². The van der Waals surface area contributed by atoms with E-state index in [-0.39, 0.29) is 5.69 Å². The normalized spacial score (nSPS) is 14.1. The quantitative estimate of drug-likeness (QED) is 0.785. The van der Waals surface area contributed by atoms with Gasteiger partial charge in [-0.3, -0.25) is 0 Å². The number of alkyl halides is 3. The third-order valence-electron chi connectivity index (χ3n) is 3.46. The zero-order valence-corrected chi connectivity index (χ0v) is 13.7. The summed E-state index contributed by atoms with van der Waals surface area (Å²) in [5.74, 6) is 0.414. The third-order valence-corrected chi connectivity index (χ3v) is 3.46. The molecule has 0 spiro atoms. The third kappa shape index (κ3) is 4.64. The van der Waals surface area contributed by atoms with Crippen molar-refractivity contribution in [2.75, 3.05) is 5.32 Å². The number of benzene rings is 2. The molecule has 0 aliphatic rings. The van der Waals surface area contributed by atoms with Gasteiger partial charge in [0.2, 0.25) is 5.72 Å². The van der Waals surface area contributed by atoms with Crippen LogP contribution in [-0.2, 0) is 6.61 Å². The molecule has 6 heteroatoms. The van der Waals surface area contributed by atoms with E-state index in [1.807, 2.05) is 32.0 Å². The van der Waals surface area contributed by atoms with Crippen molar-refractivity contribution in [2.45, 2.75) is 39.3 Å². The van der Waals surface area contributed by atoms with Crippen molar-refractivity contribution in [3.63, 3.8) is 0 Å². The van der Waals surface area contributed by atoms with E-state index in [2.05, 4.69) is 5.32 Å². The summed E-state index contributed by atoms with van der Waals surface area (Å²) in [6.45, 7) is 4.94. The molecular weight excluding hydrogens is 319 g/mol. The maximum Gasteiger partial charge on any atom is 0.436 e. The summed E-state index contributed by atoms with van der Waals surface area (Å²) in [6.07, 6.45) is -4.79. The van der Waals surface area contributed by atoms with Crippen molar-refractivity contribution in [1.29, 1.82) is 0 Å². The summed E-state index contributed by atoms with van der Waals surface area (Å²) in [5.41, 5.74) is 0.318. The number of aliphatic hydroxyl groups is 1. The average molecular weight is 339 g/mol. The molecule has 0 aliphatic carbocycles. The Morgan fingerprint density at radius 2 is 1.67 bits per heavy atom. The molecule has 2 aromatic rings. The van der Waals surface area contributed by atoms with E-state index < -0.39 is 11.9 Å². The Balaban J connectivity index is 2.08. The van der Waals surface area contributed by atoms with E-state index in [0.29, 0.717) is 19.3 Å². The summed E-state index contributed by atoms with van der Waals surface area (Å²) in [5, 5.41) is 11.6. The van der Waals surface area contributed by atoms with Crippen LogP contribution in [-0.4, -0.2) is 17.0 Å². The topological polar surface area (TPSA) is 41.5 Å². The predicted molar refractivity (Wildman–Crippen MR) is 87.0 cm³/mol. The lowest BCUT2D eigenvalue weighted by molar-refractivity contribution is -0.240.